The van der Waals surface area contributed by atoms with E-state index in [1.54, 1.807) is 42.5 Å². The molecule has 0 bridgehead atoms. The van der Waals surface area contributed by atoms with Crippen LogP contribution in [0.25, 0.3) is 0 Å². The third-order valence-electron chi connectivity index (χ3n) is 6.99. The zero-order chi connectivity index (χ0) is 31.1. The molecule has 2 unspecified atom stereocenters. The Hall–Kier alpha value is -4.63. The highest BCUT2D eigenvalue weighted by Crippen LogP contribution is 2.45. The Labute approximate surface area is 250 Å². The summed E-state index contributed by atoms with van der Waals surface area (Å²) >= 11 is 0.653. The summed E-state index contributed by atoms with van der Waals surface area (Å²) in [6.07, 6.45) is 1.06. The van der Waals surface area contributed by atoms with Crippen LogP contribution in [0, 0.1) is 12.8 Å². The molecule has 1 amide bonds. The van der Waals surface area contributed by atoms with Gasteiger partial charge in [0.2, 0.25) is 15.6 Å². The van der Waals surface area contributed by atoms with Crippen LogP contribution in [0.5, 0.6) is 11.5 Å². The zero-order valence-corrected chi connectivity index (χ0v) is 24.6. The van der Waals surface area contributed by atoms with E-state index in [2.05, 4.69) is 4.98 Å². The molecule has 1 aliphatic rings. The molecule has 1 saturated heterocycles. The molecule has 1 aromatic heterocycles. The first-order valence-electron chi connectivity index (χ1n) is 12.7. The van der Waals surface area contributed by atoms with E-state index in [9.17, 15) is 22.8 Å². The molecule has 0 spiro atoms. The van der Waals surface area contributed by atoms with Crippen LogP contribution in [0.2, 0.25) is 0 Å². The van der Waals surface area contributed by atoms with Crippen molar-refractivity contribution < 1.29 is 42.7 Å². The van der Waals surface area contributed by atoms with Gasteiger partial charge in [0.05, 0.1) is 37.0 Å². The third-order valence-corrected chi connectivity index (χ3v) is 10.2. The Balaban J connectivity index is 1.61. The minimum absolute atomic E-state index is 0.0628. The second-order valence-corrected chi connectivity index (χ2v) is 12.7. The van der Waals surface area contributed by atoms with E-state index in [0.29, 0.717) is 28.4 Å². The highest BCUT2D eigenvalue weighted by molar-refractivity contribution is 7.93. The summed E-state index contributed by atoms with van der Waals surface area (Å²) in [5, 5.41) is 18.1. The van der Waals surface area contributed by atoms with Crippen LogP contribution < -0.4 is 19.6 Å². The molecule has 12 nitrogen and oxygen atoms in total. The highest BCUT2D eigenvalue weighted by atomic mass is 32.2. The van der Waals surface area contributed by atoms with Crippen molar-refractivity contribution in [3.05, 3.63) is 89.6 Å². The first kappa shape index (κ1) is 29.8. The molecule has 14 heteroatoms. The molecular formula is C29H25N3O9S2. The Kier molecular flexibility index (Phi) is 8.03. The van der Waals surface area contributed by atoms with E-state index in [4.69, 9.17) is 19.9 Å². The molecule has 5 rings (SSSR count). The number of rotatable bonds is 9. The number of carbonyl (C=O) groups is 3. The molecule has 43 heavy (non-hydrogen) atoms. The number of thiazole rings is 1. The average Bonchev–Trinajstić information content (AvgIpc) is 3.60. The van der Waals surface area contributed by atoms with Gasteiger partial charge in [-0.2, -0.15) is 0 Å². The quantitative estimate of drug-likeness (QED) is 0.120. The fourth-order valence-electron chi connectivity index (χ4n) is 4.78. The molecule has 1 fully saturated rings. The first-order chi connectivity index (χ1) is 20.5. The van der Waals surface area contributed by atoms with Gasteiger partial charge in [0.15, 0.2) is 22.4 Å². The molecular weight excluding hydrogens is 598 g/mol. The number of carbonyl (C=O) groups excluding carboxylic acids is 3. The summed E-state index contributed by atoms with van der Waals surface area (Å²) in [5.41, 5.74) is 1.45. The molecule has 2 heterocycles. The molecule has 2 N–H and O–H groups in total. The molecule has 4 aromatic rings. The lowest BCUT2D eigenvalue weighted by Gasteiger charge is -2.25. The first-order valence-corrected chi connectivity index (χ1v) is 15.0. The number of benzene rings is 3. The molecule has 1 aliphatic heterocycles. The molecule has 0 aliphatic carbocycles. The number of methoxy groups -OCH3 is 2. The van der Waals surface area contributed by atoms with Gasteiger partial charge >= 0.3 is 0 Å². The summed E-state index contributed by atoms with van der Waals surface area (Å²) in [6, 6.07) is 14.9. The lowest BCUT2D eigenvalue weighted by molar-refractivity contribution is -0.135. The van der Waals surface area contributed by atoms with Crippen molar-refractivity contribution in [1.29, 1.82) is 0 Å². The topological polar surface area (TPSA) is 164 Å². The van der Waals surface area contributed by atoms with E-state index in [0.717, 1.165) is 16.7 Å². The van der Waals surface area contributed by atoms with E-state index in [1.165, 1.54) is 38.5 Å². The van der Waals surface area contributed by atoms with Gasteiger partial charge in [-0.15, -0.1) is 5.23 Å². The number of ketones is 2. The number of nitrogens with zero attached hydrogens (tertiary/aromatic N) is 3. The van der Waals surface area contributed by atoms with Crippen molar-refractivity contribution in [2.75, 3.05) is 24.3 Å². The minimum atomic E-state index is -4.15. The normalized spacial score (nSPS) is 16.8. The molecule has 0 saturated carbocycles. The van der Waals surface area contributed by atoms with Crippen LogP contribution in [0.4, 0.5) is 10.8 Å². The number of Topliss-reactive ketones (excluding diaryl/α,β-unsaturated/α-hetero) is 2. The SMILES string of the molecule is COc1ccc(C2C(C(=O)c3ccc(C)cc3)C(=O)C(=O)N2c2ncc(S(=O)(=O)c3ccc(N(O)O)cc3)s2)cc1OC. The van der Waals surface area contributed by atoms with Crippen molar-refractivity contribution in [3.8, 4) is 11.5 Å². The lowest BCUT2D eigenvalue weighted by Crippen LogP contribution is -2.30. The maximum absolute atomic E-state index is 13.8. The number of hydrogen-bond acceptors (Lipinski definition) is 12. The van der Waals surface area contributed by atoms with Gasteiger partial charge in [0, 0.05) is 5.56 Å². The van der Waals surface area contributed by atoms with Crippen molar-refractivity contribution in [3.63, 3.8) is 0 Å². The standard InChI is InChI=1S/C29H25N3O9S2/c1-16-4-6-17(7-5-16)26(33)24-25(18-8-13-21(40-2)22(14-18)41-3)31(28(35)27(24)34)29-30-15-23(42-29)43(38,39)20-11-9-19(10-12-20)32(36)37/h4-15,24-25,36-37H,1-3H3. The summed E-state index contributed by atoms with van der Waals surface area (Å²) in [7, 11) is -1.28. The van der Waals surface area contributed by atoms with Crippen LogP contribution in [-0.4, -0.2) is 55.5 Å². The Bertz CT molecular complexity index is 1820. The smallest absolute Gasteiger partial charge is 0.297 e. The van der Waals surface area contributed by atoms with Gasteiger partial charge in [-0.1, -0.05) is 47.2 Å². The van der Waals surface area contributed by atoms with Crippen molar-refractivity contribution in [2.24, 2.45) is 5.92 Å². The lowest BCUT2D eigenvalue weighted by atomic mass is 9.86. The van der Waals surface area contributed by atoms with Crippen LogP contribution in [-0.2, 0) is 19.4 Å². The largest absolute Gasteiger partial charge is 0.493 e. The number of anilines is 2. The number of aromatic nitrogens is 1. The summed E-state index contributed by atoms with van der Waals surface area (Å²) in [4.78, 5) is 45.9. The van der Waals surface area contributed by atoms with E-state index < -0.39 is 39.3 Å². The van der Waals surface area contributed by atoms with Crippen molar-refractivity contribution in [1.82, 2.24) is 4.98 Å². The molecule has 3 aromatic carbocycles. The summed E-state index contributed by atoms with van der Waals surface area (Å²) in [6.45, 7) is 1.85. The number of sulfone groups is 1. The third kappa shape index (κ3) is 5.36. The number of aryl methyl sites for hydroxylation is 1. The van der Waals surface area contributed by atoms with Crippen molar-refractivity contribution >= 4 is 49.5 Å². The highest BCUT2D eigenvalue weighted by Gasteiger charge is 2.53. The fraction of sp³-hybridized carbons (Fsp3) is 0.172. The van der Waals surface area contributed by atoms with Crippen LogP contribution in [0.15, 0.2) is 82.0 Å². The molecule has 222 valence electrons. The van der Waals surface area contributed by atoms with Gasteiger partial charge in [0.1, 0.15) is 10.1 Å². The predicted molar refractivity (Wildman–Crippen MR) is 154 cm³/mol. The van der Waals surface area contributed by atoms with Crippen molar-refractivity contribution in [2.45, 2.75) is 22.1 Å². The van der Waals surface area contributed by atoms with E-state index in [-0.39, 0.29) is 30.7 Å². The fourth-order valence-corrected chi connectivity index (χ4v) is 7.33. The monoisotopic (exact) mass is 623 g/mol. The number of amides is 1. The van der Waals surface area contributed by atoms with E-state index >= 15 is 0 Å². The number of hydrogen-bond donors (Lipinski definition) is 2. The maximum Gasteiger partial charge on any atom is 0.297 e. The van der Waals surface area contributed by atoms with Gasteiger partial charge in [-0.05, 0) is 48.9 Å². The van der Waals surface area contributed by atoms with Crippen LogP contribution in [0.1, 0.15) is 27.5 Å². The predicted octanol–water partition coefficient (Wildman–Crippen LogP) is 4.04. The summed E-state index contributed by atoms with van der Waals surface area (Å²) in [5.74, 6) is -3.33. The van der Waals surface area contributed by atoms with E-state index in [1.807, 2.05) is 6.92 Å². The van der Waals surface area contributed by atoms with Gasteiger partial charge < -0.3 is 9.47 Å². The minimum Gasteiger partial charge on any atom is -0.493 e. The average molecular weight is 624 g/mol. The van der Waals surface area contributed by atoms with Gasteiger partial charge in [-0.3, -0.25) is 29.7 Å². The number of ether oxygens (including phenoxy) is 2. The second-order valence-electron chi connectivity index (χ2n) is 9.56. The molecule has 0 radical (unpaired) electrons. The summed E-state index contributed by atoms with van der Waals surface area (Å²) < 4.78 is 37.2. The van der Waals surface area contributed by atoms with Crippen LogP contribution >= 0.6 is 11.3 Å². The Morgan fingerprint density at radius 2 is 1.60 bits per heavy atom. The Morgan fingerprint density at radius 1 is 0.953 bits per heavy atom. The van der Waals surface area contributed by atoms with Crippen LogP contribution in [0.3, 0.4) is 0 Å². The maximum atomic E-state index is 13.8. The second kappa shape index (κ2) is 11.6. The van der Waals surface area contributed by atoms with Gasteiger partial charge in [-0.25, -0.2) is 13.4 Å². The van der Waals surface area contributed by atoms with Gasteiger partial charge in [0.25, 0.3) is 5.91 Å². The molecule has 2 atom stereocenters. The zero-order valence-electron chi connectivity index (χ0n) is 23.0. The Morgan fingerprint density at radius 3 is 2.21 bits per heavy atom.